The van der Waals surface area contributed by atoms with E-state index in [4.69, 9.17) is 0 Å². The summed E-state index contributed by atoms with van der Waals surface area (Å²) >= 11 is 0. The predicted octanol–water partition coefficient (Wildman–Crippen LogP) is 3.72. The number of carbonyl (C=O) groups excluding carboxylic acids is 1. The number of rotatable bonds is 4. The number of nitrogens with zero attached hydrogens (tertiary/aromatic N) is 3. The molecule has 1 aliphatic heterocycles. The van der Waals surface area contributed by atoms with E-state index in [0.717, 1.165) is 12.3 Å². The Labute approximate surface area is 164 Å². The van der Waals surface area contributed by atoms with Crippen LogP contribution in [0.5, 0.6) is 0 Å². The van der Waals surface area contributed by atoms with E-state index in [0.29, 0.717) is 37.3 Å². The van der Waals surface area contributed by atoms with Crippen LogP contribution in [0.1, 0.15) is 34.3 Å². The van der Waals surface area contributed by atoms with Crippen molar-refractivity contribution in [3.63, 3.8) is 0 Å². The molecule has 0 unspecified atom stereocenters. The zero-order valence-electron chi connectivity index (χ0n) is 15.6. The Balaban J connectivity index is 1.59. The average molecular weight is 408 g/mol. The van der Waals surface area contributed by atoms with Crippen molar-refractivity contribution in [1.29, 1.82) is 0 Å². The molecule has 10 heteroatoms. The van der Waals surface area contributed by atoms with Gasteiger partial charge >= 0.3 is 6.18 Å². The number of nitrogens with one attached hydrogen (secondary N) is 1. The molecule has 2 heterocycles. The first-order valence-corrected chi connectivity index (χ1v) is 9.00. The molecule has 1 aromatic carbocycles. The van der Waals surface area contributed by atoms with Gasteiger partial charge in [-0.3, -0.25) is 14.9 Å². The highest BCUT2D eigenvalue weighted by Crippen LogP contribution is 2.30. The van der Waals surface area contributed by atoms with Crippen molar-refractivity contribution in [3.8, 4) is 0 Å². The number of alkyl halides is 3. The van der Waals surface area contributed by atoms with Crippen molar-refractivity contribution < 1.29 is 22.9 Å². The molecule has 0 atom stereocenters. The SMILES string of the molecule is Cc1c(C(=O)NC2CCN(c3ccc(C(F)(F)F)cn3)CC2)cccc1[N+](=O)[O-]. The van der Waals surface area contributed by atoms with E-state index in [1.165, 1.54) is 25.1 Å². The van der Waals surface area contributed by atoms with Crippen LogP contribution < -0.4 is 10.2 Å². The summed E-state index contributed by atoms with van der Waals surface area (Å²) in [7, 11) is 0. The molecule has 0 aliphatic carbocycles. The fourth-order valence-electron chi connectivity index (χ4n) is 3.32. The second-order valence-electron chi connectivity index (χ2n) is 6.84. The summed E-state index contributed by atoms with van der Waals surface area (Å²) < 4.78 is 37.9. The summed E-state index contributed by atoms with van der Waals surface area (Å²) in [6.07, 6.45) is -2.44. The van der Waals surface area contributed by atoms with Crippen LogP contribution >= 0.6 is 0 Å². The molecule has 1 N–H and O–H groups in total. The predicted molar refractivity (Wildman–Crippen MR) is 99.8 cm³/mol. The lowest BCUT2D eigenvalue weighted by molar-refractivity contribution is -0.385. The van der Waals surface area contributed by atoms with E-state index in [1.807, 2.05) is 4.90 Å². The van der Waals surface area contributed by atoms with Crippen LogP contribution in [0, 0.1) is 17.0 Å². The largest absolute Gasteiger partial charge is 0.417 e. The number of carbonyl (C=O) groups is 1. The van der Waals surface area contributed by atoms with Gasteiger partial charge in [0.2, 0.25) is 0 Å². The van der Waals surface area contributed by atoms with Crippen molar-refractivity contribution in [1.82, 2.24) is 10.3 Å². The smallest absolute Gasteiger partial charge is 0.356 e. The number of hydrogen-bond donors (Lipinski definition) is 1. The first-order valence-electron chi connectivity index (χ1n) is 9.00. The molecule has 7 nitrogen and oxygen atoms in total. The normalized spacial score (nSPS) is 15.2. The van der Waals surface area contributed by atoms with Gasteiger partial charge in [0, 0.05) is 42.5 Å². The topological polar surface area (TPSA) is 88.4 Å². The molecule has 0 spiro atoms. The summed E-state index contributed by atoms with van der Waals surface area (Å²) in [4.78, 5) is 28.8. The number of anilines is 1. The van der Waals surface area contributed by atoms with Crippen LogP contribution in [0.25, 0.3) is 0 Å². The van der Waals surface area contributed by atoms with Gasteiger partial charge < -0.3 is 10.2 Å². The number of benzene rings is 1. The first-order chi connectivity index (χ1) is 13.7. The van der Waals surface area contributed by atoms with E-state index in [2.05, 4.69) is 10.3 Å². The Morgan fingerprint density at radius 1 is 1.24 bits per heavy atom. The number of hydrogen-bond acceptors (Lipinski definition) is 5. The van der Waals surface area contributed by atoms with Crippen LogP contribution in [0.3, 0.4) is 0 Å². The van der Waals surface area contributed by atoms with Gasteiger partial charge in [0.15, 0.2) is 0 Å². The lowest BCUT2D eigenvalue weighted by Crippen LogP contribution is -2.45. The Hall–Kier alpha value is -3.17. The van der Waals surface area contributed by atoms with Gasteiger partial charge in [0.05, 0.1) is 10.5 Å². The second-order valence-corrected chi connectivity index (χ2v) is 6.84. The van der Waals surface area contributed by atoms with E-state index in [-0.39, 0.29) is 23.2 Å². The number of pyridine rings is 1. The van der Waals surface area contributed by atoms with E-state index in [9.17, 15) is 28.1 Å². The highest BCUT2D eigenvalue weighted by molar-refractivity contribution is 5.96. The number of nitro benzene ring substituents is 1. The van der Waals surface area contributed by atoms with Crippen LogP contribution in [-0.4, -0.2) is 34.9 Å². The van der Waals surface area contributed by atoms with Gasteiger partial charge in [-0.25, -0.2) is 4.98 Å². The minimum absolute atomic E-state index is 0.110. The Bertz CT molecular complexity index is 908. The number of aromatic nitrogens is 1. The maximum Gasteiger partial charge on any atom is 0.417 e. The van der Waals surface area contributed by atoms with Gasteiger partial charge in [0.1, 0.15) is 5.82 Å². The van der Waals surface area contributed by atoms with Crippen molar-refractivity contribution in [2.24, 2.45) is 0 Å². The number of piperidine rings is 1. The number of nitro groups is 1. The zero-order chi connectivity index (χ0) is 21.2. The zero-order valence-corrected chi connectivity index (χ0v) is 15.6. The molecule has 0 saturated carbocycles. The molecule has 3 rings (SSSR count). The molecule has 1 saturated heterocycles. The molecular formula is C19H19F3N4O3. The van der Waals surface area contributed by atoms with Crippen LogP contribution in [0.2, 0.25) is 0 Å². The molecule has 0 radical (unpaired) electrons. The fourth-order valence-corrected chi connectivity index (χ4v) is 3.32. The lowest BCUT2D eigenvalue weighted by atomic mass is 10.0. The Morgan fingerprint density at radius 2 is 1.93 bits per heavy atom. The van der Waals surface area contributed by atoms with Gasteiger partial charge in [-0.05, 0) is 38.0 Å². The molecule has 2 aromatic rings. The molecule has 0 bridgehead atoms. The third-order valence-electron chi connectivity index (χ3n) is 4.98. The van der Waals surface area contributed by atoms with Crippen molar-refractivity contribution in [2.45, 2.75) is 32.0 Å². The van der Waals surface area contributed by atoms with Crippen LogP contribution in [-0.2, 0) is 6.18 Å². The molecular weight excluding hydrogens is 389 g/mol. The molecule has 1 amide bonds. The van der Waals surface area contributed by atoms with Gasteiger partial charge in [0.25, 0.3) is 11.6 Å². The fraction of sp³-hybridized carbons (Fsp3) is 0.368. The molecule has 1 fully saturated rings. The van der Waals surface area contributed by atoms with Crippen LogP contribution in [0.4, 0.5) is 24.7 Å². The monoisotopic (exact) mass is 408 g/mol. The van der Waals surface area contributed by atoms with E-state index >= 15 is 0 Å². The maximum absolute atomic E-state index is 12.6. The lowest BCUT2D eigenvalue weighted by Gasteiger charge is -2.33. The summed E-state index contributed by atoms with van der Waals surface area (Å²) in [6.45, 7) is 2.58. The summed E-state index contributed by atoms with van der Waals surface area (Å²) in [5, 5.41) is 13.9. The first kappa shape index (κ1) is 20.6. The average Bonchev–Trinajstić information content (AvgIpc) is 2.68. The maximum atomic E-state index is 12.6. The second kappa shape index (κ2) is 8.06. The molecule has 154 valence electrons. The van der Waals surface area contributed by atoms with Gasteiger partial charge in [-0.1, -0.05) is 6.07 Å². The quantitative estimate of drug-likeness (QED) is 0.615. The Morgan fingerprint density at radius 3 is 2.48 bits per heavy atom. The van der Waals surface area contributed by atoms with Crippen LogP contribution in [0.15, 0.2) is 36.5 Å². The number of amides is 1. The molecule has 1 aliphatic rings. The summed E-state index contributed by atoms with van der Waals surface area (Å²) in [5.74, 6) is 0.0783. The highest BCUT2D eigenvalue weighted by Gasteiger charge is 2.31. The van der Waals surface area contributed by atoms with E-state index < -0.39 is 16.7 Å². The minimum atomic E-state index is -4.42. The number of halogens is 3. The van der Waals surface area contributed by atoms with Crippen molar-refractivity contribution >= 4 is 17.4 Å². The van der Waals surface area contributed by atoms with Gasteiger partial charge in [-0.2, -0.15) is 13.2 Å². The molecule has 1 aromatic heterocycles. The van der Waals surface area contributed by atoms with E-state index in [1.54, 1.807) is 6.07 Å². The third-order valence-corrected chi connectivity index (χ3v) is 4.98. The summed E-state index contributed by atoms with van der Waals surface area (Å²) in [6, 6.07) is 6.57. The molecule has 29 heavy (non-hydrogen) atoms. The highest BCUT2D eigenvalue weighted by atomic mass is 19.4. The van der Waals surface area contributed by atoms with Crippen molar-refractivity contribution in [3.05, 3.63) is 63.3 Å². The summed E-state index contributed by atoms with van der Waals surface area (Å²) in [5.41, 5.74) is -0.344. The standard InChI is InChI=1S/C19H19F3N4O3/c1-12-15(3-2-4-16(12)26(28)29)18(27)24-14-7-9-25(10-8-14)17-6-5-13(11-23-17)19(20,21)22/h2-6,11,14H,7-10H2,1H3,(H,24,27). The van der Waals surface area contributed by atoms with Gasteiger partial charge in [-0.15, -0.1) is 0 Å². The van der Waals surface area contributed by atoms with Crippen molar-refractivity contribution in [2.75, 3.05) is 18.0 Å². The third kappa shape index (κ3) is 4.64. The Kier molecular flexibility index (Phi) is 5.71. The minimum Gasteiger partial charge on any atom is -0.356 e.